The number of hydrogen-bond acceptors (Lipinski definition) is 4. The van der Waals surface area contributed by atoms with E-state index in [4.69, 9.17) is 4.74 Å². The van der Waals surface area contributed by atoms with Gasteiger partial charge in [-0.05, 0) is 82.0 Å². The lowest BCUT2D eigenvalue weighted by Crippen LogP contribution is -2.33. The second-order valence-electron chi connectivity index (χ2n) is 9.09. The summed E-state index contributed by atoms with van der Waals surface area (Å²) < 4.78 is 5.94. The number of amides is 2. The third kappa shape index (κ3) is 4.34. The first-order chi connectivity index (χ1) is 16.2. The number of aryl methyl sites for hydroxylation is 4. The van der Waals surface area contributed by atoms with E-state index >= 15 is 0 Å². The third-order valence-corrected chi connectivity index (χ3v) is 5.86. The standard InChI is InChI=1S/C29H30N2O3/c1-17(2)34-25-10-8-7-9-24(25)31-28(32)26(22-14-12-18(3)15-21(22)6)27(29(31)33)30-23-16-19(4)11-13-20(23)5/h7-17,30H,1-6H3. The lowest BCUT2D eigenvalue weighted by Gasteiger charge is -2.21. The summed E-state index contributed by atoms with van der Waals surface area (Å²) in [6.07, 6.45) is -0.103. The molecule has 0 aliphatic carbocycles. The fraction of sp³-hybridized carbons (Fsp3) is 0.241. The number of nitrogens with zero attached hydrogens (tertiary/aromatic N) is 1. The predicted octanol–water partition coefficient (Wildman–Crippen LogP) is 6.10. The predicted molar refractivity (Wildman–Crippen MR) is 137 cm³/mol. The van der Waals surface area contributed by atoms with Crippen molar-refractivity contribution in [1.82, 2.24) is 0 Å². The van der Waals surface area contributed by atoms with E-state index in [1.54, 1.807) is 18.2 Å². The number of rotatable bonds is 6. The molecule has 1 N–H and O–H groups in total. The van der Waals surface area contributed by atoms with Crippen LogP contribution in [0.25, 0.3) is 5.57 Å². The van der Waals surface area contributed by atoms with Gasteiger partial charge >= 0.3 is 0 Å². The molecule has 4 rings (SSSR count). The van der Waals surface area contributed by atoms with Crippen LogP contribution in [0.1, 0.15) is 41.7 Å². The minimum Gasteiger partial charge on any atom is -0.489 e. The van der Waals surface area contributed by atoms with E-state index in [9.17, 15) is 9.59 Å². The van der Waals surface area contributed by atoms with Crippen LogP contribution in [-0.4, -0.2) is 17.9 Å². The van der Waals surface area contributed by atoms with E-state index in [2.05, 4.69) is 5.32 Å². The summed E-state index contributed by atoms with van der Waals surface area (Å²) >= 11 is 0. The molecule has 0 saturated carbocycles. The molecule has 0 fully saturated rings. The van der Waals surface area contributed by atoms with Crippen LogP contribution in [0.2, 0.25) is 0 Å². The number of carbonyl (C=O) groups excluding carboxylic acids is 2. The van der Waals surface area contributed by atoms with Gasteiger partial charge in [0.2, 0.25) is 0 Å². The largest absolute Gasteiger partial charge is 0.489 e. The summed E-state index contributed by atoms with van der Waals surface area (Å²) in [5, 5.41) is 3.31. The number of imide groups is 1. The van der Waals surface area contributed by atoms with Crippen molar-refractivity contribution in [1.29, 1.82) is 0 Å². The number of carbonyl (C=O) groups is 2. The van der Waals surface area contributed by atoms with Gasteiger partial charge in [0.05, 0.1) is 17.4 Å². The van der Waals surface area contributed by atoms with E-state index in [1.807, 2.05) is 84.0 Å². The average molecular weight is 455 g/mol. The maximum Gasteiger partial charge on any atom is 0.282 e. The second-order valence-corrected chi connectivity index (χ2v) is 9.09. The number of nitrogens with one attached hydrogen (secondary N) is 1. The SMILES string of the molecule is Cc1ccc(C2=C(Nc3cc(C)ccc3C)C(=O)N(c3ccccc3OC(C)C)C2=O)c(C)c1. The number of ether oxygens (including phenoxy) is 1. The molecule has 34 heavy (non-hydrogen) atoms. The van der Waals surface area contributed by atoms with Crippen LogP contribution >= 0.6 is 0 Å². The average Bonchev–Trinajstić information content (AvgIpc) is 3.00. The molecule has 1 aliphatic heterocycles. The van der Waals surface area contributed by atoms with Gasteiger partial charge in [-0.3, -0.25) is 9.59 Å². The van der Waals surface area contributed by atoms with Crippen LogP contribution < -0.4 is 15.0 Å². The van der Waals surface area contributed by atoms with Crippen molar-refractivity contribution in [3.63, 3.8) is 0 Å². The lowest BCUT2D eigenvalue weighted by atomic mass is 9.97. The van der Waals surface area contributed by atoms with Crippen molar-refractivity contribution >= 4 is 28.8 Å². The minimum atomic E-state index is -0.402. The number of benzene rings is 3. The van der Waals surface area contributed by atoms with E-state index < -0.39 is 5.91 Å². The first-order valence-corrected chi connectivity index (χ1v) is 11.5. The third-order valence-electron chi connectivity index (χ3n) is 5.86. The topological polar surface area (TPSA) is 58.6 Å². The second kappa shape index (κ2) is 9.18. The molecule has 5 nitrogen and oxygen atoms in total. The Balaban J connectivity index is 1.89. The normalized spacial score (nSPS) is 13.8. The van der Waals surface area contributed by atoms with Crippen molar-refractivity contribution in [2.75, 3.05) is 10.2 Å². The highest BCUT2D eigenvalue weighted by Crippen LogP contribution is 2.39. The quantitative estimate of drug-likeness (QED) is 0.457. The molecule has 2 amide bonds. The molecule has 0 atom stereocenters. The van der Waals surface area contributed by atoms with Gasteiger partial charge in [0.25, 0.3) is 11.8 Å². The van der Waals surface area contributed by atoms with E-state index in [1.165, 1.54) is 4.90 Å². The lowest BCUT2D eigenvalue weighted by molar-refractivity contribution is -0.120. The maximum atomic E-state index is 13.9. The van der Waals surface area contributed by atoms with Crippen LogP contribution in [-0.2, 0) is 9.59 Å². The molecule has 3 aromatic rings. The van der Waals surface area contributed by atoms with Crippen molar-refractivity contribution in [3.8, 4) is 5.75 Å². The Hall–Kier alpha value is -3.86. The van der Waals surface area contributed by atoms with E-state index in [0.717, 1.165) is 33.5 Å². The molecule has 0 bridgehead atoms. The van der Waals surface area contributed by atoms with Gasteiger partial charge in [-0.15, -0.1) is 0 Å². The van der Waals surface area contributed by atoms with E-state index in [-0.39, 0.29) is 17.7 Å². The highest BCUT2D eigenvalue weighted by atomic mass is 16.5. The fourth-order valence-electron chi connectivity index (χ4n) is 4.21. The molecule has 1 heterocycles. The van der Waals surface area contributed by atoms with E-state index in [0.29, 0.717) is 17.0 Å². The van der Waals surface area contributed by atoms with Gasteiger partial charge < -0.3 is 10.1 Å². The Morgan fingerprint density at radius 1 is 0.794 bits per heavy atom. The first-order valence-electron chi connectivity index (χ1n) is 11.5. The summed E-state index contributed by atoms with van der Waals surface area (Å²) in [6.45, 7) is 11.8. The van der Waals surface area contributed by atoms with Crippen molar-refractivity contribution < 1.29 is 14.3 Å². The van der Waals surface area contributed by atoms with Crippen molar-refractivity contribution in [3.05, 3.63) is 94.2 Å². The Labute approximate surface area is 201 Å². The Morgan fingerprint density at radius 3 is 2.18 bits per heavy atom. The highest BCUT2D eigenvalue weighted by Gasteiger charge is 2.42. The zero-order valence-electron chi connectivity index (χ0n) is 20.5. The highest BCUT2D eigenvalue weighted by molar-refractivity contribution is 6.46. The van der Waals surface area contributed by atoms with Crippen LogP contribution in [0.5, 0.6) is 5.75 Å². The zero-order valence-corrected chi connectivity index (χ0v) is 20.5. The van der Waals surface area contributed by atoms with Gasteiger partial charge in [0.15, 0.2) is 0 Å². The monoisotopic (exact) mass is 454 g/mol. The van der Waals surface area contributed by atoms with Gasteiger partial charge in [0, 0.05) is 5.69 Å². The molecule has 0 spiro atoms. The van der Waals surface area contributed by atoms with Gasteiger partial charge in [0.1, 0.15) is 11.4 Å². The minimum absolute atomic E-state index is 0.103. The van der Waals surface area contributed by atoms with Crippen LogP contribution in [0.3, 0.4) is 0 Å². The van der Waals surface area contributed by atoms with Crippen LogP contribution in [0.4, 0.5) is 11.4 Å². The van der Waals surface area contributed by atoms with Gasteiger partial charge in [-0.1, -0.05) is 48.0 Å². The number of hydrogen-bond donors (Lipinski definition) is 1. The molecule has 1 aliphatic rings. The summed E-state index contributed by atoms with van der Waals surface area (Å²) in [5.41, 5.74) is 6.68. The molecule has 0 radical (unpaired) electrons. The molecule has 0 aromatic heterocycles. The maximum absolute atomic E-state index is 13.9. The van der Waals surface area contributed by atoms with Gasteiger partial charge in [-0.2, -0.15) is 0 Å². The summed E-state index contributed by atoms with van der Waals surface area (Å²) in [6, 6.07) is 19.1. The Bertz CT molecular complexity index is 1320. The fourth-order valence-corrected chi connectivity index (χ4v) is 4.21. The first kappa shape index (κ1) is 23.3. The summed E-state index contributed by atoms with van der Waals surface area (Å²) in [4.78, 5) is 29.0. The van der Waals surface area contributed by atoms with Gasteiger partial charge in [-0.25, -0.2) is 4.90 Å². The zero-order chi connectivity index (χ0) is 24.6. The number of para-hydroxylation sites is 2. The van der Waals surface area contributed by atoms with Crippen molar-refractivity contribution in [2.45, 2.75) is 47.6 Å². The summed E-state index contributed by atoms with van der Waals surface area (Å²) in [7, 11) is 0. The molecule has 0 unspecified atom stereocenters. The van der Waals surface area contributed by atoms with Crippen LogP contribution in [0, 0.1) is 27.7 Å². The smallest absolute Gasteiger partial charge is 0.282 e. The molecule has 5 heteroatoms. The van der Waals surface area contributed by atoms with Crippen molar-refractivity contribution in [2.24, 2.45) is 0 Å². The summed E-state index contributed by atoms with van der Waals surface area (Å²) in [5.74, 6) is -0.280. The molecular formula is C29H30N2O3. The molecular weight excluding hydrogens is 424 g/mol. The molecule has 3 aromatic carbocycles. The molecule has 0 saturated heterocycles. The number of anilines is 2. The Morgan fingerprint density at radius 2 is 1.47 bits per heavy atom. The molecule has 174 valence electrons. The van der Waals surface area contributed by atoms with Crippen LogP contribution in [0.15, 0.2) is 66.4 Å². The Kier molecular flexibility index (Phi) is 6.29.